The molecule has 35 heavy (non-hydrogen) atoms. The van der Waals surface area contributed by atoms with Crippen molar-refractivity contribution in [3.63, 3.8) is 0 Å². The van der Waals surface area contributed by atoms with Crippen LogP contribution in [0.4, 0.5) is 13.2 Å². The summed E-state index contributed by atoms with van der Waals surface area (Å²) in [7, 11) is 0. The zero-order chi connectivity index (χ0) is 25.4. The molecule has 7 heteroatoms. The Kier molecular flexibility index (Phi) is 7.37. The van der Waals surface area contributed by atoms with E-state index in [0.29, 0.717) is 49.5 Å². The maximum atomic E-state index is 14.0. The lowest BCUT2D eigenvalue weighted by atomic mass is 9.72. The minimum atomic E-state index is -4.49. The van der Waals surface area contributed by atoms with Crippen LogP contribution in [0.15, 0.2) is 30.3 Å². The number of carboxylic acids is 1. The van der Waals surface area contributed by atoms with Crippen LogP contribution in [0.25, 0.3) is 10.8 Å². The van der Waals surface area contributed by atoms with E-state index in [-0.39, 0.29) is 22.8 Å². The lowest BCUT2D eigenvalue weighted by Gasteiger charge is -2.37. The topological polar surface area (TPSA) is 49.8 Å². The number of likely N-dealkylation sites (tertiary alicyclic amines) is 1. The molecule has 0 atom stereocenters. The number of alkyl halides is 3. The molecule has 1 N–H and O–H groups in total. The highest BCUT2D eigenvalue weighted by Gasteiger charge is 2.36. The van der Waals surface area contributed by atoms with Crippen LogP contribution >= 0.6 is 0 Å². The average Bonchev–Trinajstić information content (AvgIpc) is 2.79. The van der Waals surface area contributed by atoms with E-state index in [1.807, 2.05) is 0 Å². The normalized spacial score (nSPS) is 22.9. The van der Waals surface area contributed by atoms with Gasteiger partial charge in [-0.3, -0.25) is 9.69 Å². The quantitative estimate of drug-likeness (QED) is 0.483. The van der Waals surface area contributed by atoms with Crippen LogP contribution in [0.2, 0.25) is 0 Å². The monoisotopic (exact) mass is 491 g/mol. The fourth-order valence-electron chi connectivity index (χ4n) is 5.70. The van der Waals surface area contributed by atoms with E-state index in [1.54, 1.807) is 18.2 Å². The number of rotatable bonds is 5. The Balaban J connectivity index is 1.65. The van der Waals surface area contributed by atoms with E-state index in [4.69, 9.17) is 4.74 Å². The standard InChI is InChI=1S/C28H36F3NO3/c1-27(2,3)19-8-10-20(11-9-19)35-25-16-24(28(29,30)31)22-7-5-4-6-21(22)23(25)17-32-14-12-18(13-15-32)26(33)34/h4-7,16,18-20H,8-15,17H2,1-3H3,(H,33,34)/t19-,20-. The van der Waals surface area contributed by atoms with Crippen molar-refractivity contribution in [1.82, 2.24) is 4.90 Å². The highest BCUT2D eigenvalue weighted by atomic mass is 19.4. The zero-order valence-electron chi connectivity index (χ0n) is 20.8. The molecule has 0 spiro atoms. The molecule has 1 saturated carbocycles. The van der Waals surface area contributed by atoms with Crippen molar-refractivity contribution in [1.29, 1.82) is 0 Å². The number of aliphatic carboxylic acids is 1. The summed E-state index contributed by atoms with van der Waals surface area (Å²) in [6, 6.07) is 7.86. The van der Waals surface area contributed by atoms with E-state index in [0.717, 1.165) is 31.2 Å². The van der Waals surface area contributed by atoms with Crippen LogP contribution in [0.3, 0.4) is 0 Å². The van der Waals surface area contributed by atoms with E-state index < -0.39 is 17.7 Å². The Hall–Kier alpha value is -2.28. The van der Waals surface area contributed by atoms with Crippen molar-refractivity contribution in [2.45, 2.75) is 78.1 Å². The number of hydrogen-bond donors (Lipinski definition) is 1. The highest BCUT2D eigenvalue weighted by molar-refractivity contribution is 5.91. The molecule has 0 aromatic heterocycles. The Bertz CT molecular complexity index is 1040. The van der Waals surface area contributed by atoms with Gasteiger partial charge in [0.05, 0.1) is 17.6 Å². The summed E-state index contributed by atoms with van der Waals surface area (Å²) in [5.41, 5.74) is 0.310. The van der Waals surface area contributed by atoms with Gasteiger partial charge < -0.3 is 9.84 Å². The first kappa shape index (κ1) is 25.8. The zero-order valence-corrected chi connectivity index (χ0v) is 20.8. The van der Waals surface area contributed by atoms with Crippen LogP contribution in [0.5, 0.6) is 5.75 Å². The minimum Gasteiger partial charge on any atom is -0.490 e. The molecule has 0 amide bonds. The third-order valence-electron chi connectivity index (χ3n) is 7.93. The molecule has 1 aliphatic heterocycles. The molecular weight excluding hydrogens is 455 g/mol. The molecule has 2 fully saturated rings. The molecule has 0 unspecified atom stereocenters. The van der Waals surface area contributed by atoms with Crippen LogP contribution in [-0.2, 0) is 17.5 Å². The Morgan fingerprint density at radius 1 is 1.00 bits per heavy atom. The van der Waals surface area contributed by atoms with Crippen molar-refractivity contribution in [2.75, 3.05) is 13.1 Å². The van der Waals surface area contributed by atoms with Crippen LogP contribution in [0.1, 0.15) is 70.4 Å². The van der Waals surface area contributed by atoms with Crippen LogP contribution in [0, 0.1) is 17.3 Å². The maximum absolute atomic E-state index is 14.0. The minimum absolute atomic E-state index is 0.104. The van der Waals surface area contributed by atoms with Crippen molar-refractivity contribution in [2.24, 2.45) is 17.3 Å². The van der Waals surface area contributed by atoms with E-state index in [1.165, 1.54) is 12.1 Å². The van der Waals surface area contributed by atoms with Crippen LogP contribution < -0.4 is 4.74 Å². The van der Waals surface area contributed by atoms with Gasteiger partial charge in [0.25, 0.3) is 0 Å². The Morgan fingerprint density at radius 3 is 2.14 bits per heavy atom. The molecule has 0 bridgehead atoms. The van der Waals surface area contributed by atoms with Crippen molar-refractivity contribution >= 4 is 16.7 Å². The summed E-state index contributed by atoms with van der Waals surface area (Å²) >= 11 is 0. The number of ether oxygens (including phenoxy) is 1. The van der Waals surface area contributed by atoms with Gasteiger partial charge in [-0.2, -0.15) is 13.2 Å². The van der Waals surface area contributed by atoms with Gasteiger partial charge >= 0.3 is 12.1 Å². The first-order valence-corrected chi connectivity index (χ1v) is 12.7. The van der Waals surface area contributed by atoms with E-state index >= 15 is 0 Å². The third kappa shape index (κ3) is 5.93. The number of carbonyl (C=O) groups is 1. The fraction of sp³-hybridized carbons (Fsp3) is 0.607. The van der Waals surface area contributed by atoms with Crippen molar-refractivity contribution in [3.05, 3.63) is 41.5 Å². The first-order chi connectivity index (χ1) is 16.4. The molecule has 1 heterocycles. The largest absolute Gasteiger partial charge is 0.490 e. The number of fused-ring (bicyclic) bond motifs is 1. The van der Waals surface area contributed by atoms with Gasteiger partial charge in [0.15, 0.2) is 0 Å². The van der Waals surface area contributed by atoms with Gasteiger partial charge in [-0.1, -0.05) is 45.0 Å². The summed E-state index contributed by atoms with van der Waals surface area (Å²) < 4.78 is 48.5. The number of piperidine rings is 1. The summed E-state index contributed by atoms with van der Waals surface area (Å²) in [4.78, 5) is 13.5. The van der Waals surface area contributed by atoms with Gasteiger partial charge in [0.2, 0.25) is 0 Å². The summed E-state index contributed by atoms with van der Waals surface area (Å²) in [6.45, 7) is 8.36. The SMILES string of the molecule is CC(C)(C)[C@H]1CC[C@H](Oc2cc(C(F)(F)F)c3ccccc3c2CN2CCC(C(=O)O)CC2)CC1. The molecule has 192 valence electrons. The predicted octanol–water partition coefficient (Wildman–Crippen LogP) is 7.14. The lowest BCUT2D eigenvalue weighted by Crippen LogP contribution is -2.36. The highest BCUT2D eigenvalue weighted by Crippen LogP contribution is 2.43. The van der Waals surface area contributed by atoms with Gasteiger partial charge in [-0.05, 0) is 79.8 Å². The molecule has 2 aromatic carbocycles. The van der Waals surface area contributed by atoms with Crippen LogP contribution in [-0.4, -0.2) is 35.2 Å². The number of benzene rings is 2. The number of nitrogens with zero attached hydrogens (tertiary/aromatic N) is 1. The predicted molar refractivity (Wildman–Crippen MR) is 130 cm³/mol. The molecule has 4 rings (SSSR count). The molecule has 1 aliphatic carbocycles. The average molecular weight is 492 g/mol. The van der Waals surface area contributed by atoms with Crippen molar-refractivity contribution in [3.8, 4) is 5.75 Å². The van der Waals surface area contributed by atoms with Gasteiger partial charge in [0.1, 0.15) is 5.75 Å². The summed E-state index contributed by atoms with van der Waals surface area (Å²) in [6.07, 6.45) is 0.172. The number of halogens is 3. The Morgan fingerprint density at radius 2 is 1.60 bits per heavy atom. The molecule has 2 aliphatic rings. The van der Waals surface area contributed by atoms with Gasteiger partial charge in [0, 0.05) is 12.1 Å². The molecular formula is C28H36F3NO3. The van der Waals surface area contributed by atoms with Gasteiger partial charge in [-0.15, -0.1) is 0 Å². The van der Waals surface area contributed by atoms with Crippen molar-refractivity contribution < 1.29 is 27.8 Å². The maximum Gasteiger partial charge on any atom is 0.417 e. The summed E-state index contributed by atoms with van der Waals surface area (Å²) in [5, 5.41) is 10.0. The number of carboxylic acid groups (broad SMARTS) is 1. The first-order valence-electron chi connectivity index (χ1n) is 12.7. The Labute approximate surface area is 205 Å². The van der Waals surface area contributed by atoms with Gasteiger partial charge in [-0.25, -0.2) is 0 Å². The number of hydrogen-bond acceptors (Lipinski definition) is 3. The molecule has 0 radical (unpaired) electrons. The third-order valence-corrected chi connectivity index (χ3v) is 7.93. The van der Waals surface area contributed by atoms with E-state index in [9.17, 15) is 23.1 Å². The summed E-state index contributed by atoms with van der Waals surface area (Å²) in [5.74, 6) is -0.237. The molecule has 4 nitrogen and oxygen atoms in total. The second-order valence-corrected chi connectivity index (χ2v) is 11.3. The molecule has 1 saturated heterocycles. The smallest absolute Gasteiger partial charge is 0.417 e. The van der Waals surface area contributed by atoms with E-state index in [2.05, 4.69) is 25.7 Å². The lowest BCUT2D eigenvalue weighted by molar-refractivity contribution is -0.143. The second kappa shape index (κ2) is 10.00. The molecule has 2 aromatic rings. The second-order valence-electron chi connectivity index (χ2n) is 11.3. The fourth-order valence-corrected chi connectivity index (χ4v) is 5.70.